The Bertz CT molecular complexity index is 771. The van der Waals surface area contributed by atoms with E-state index in [4.69, 9.17) is 16.3 Å². The lowest BCUT2D eigenvalue weighted by atomic mass is 10.1. The fourth-order valence-electron chi connectivity index (χ4n) is 2.93. The van der Waals surface area contributed by atoms with Crippen molar-refractivity contribution in [2.24, 2.45) is 0 Å². The molecule has 6 heteroatoms. The van der Waals surface area contributed by atoms with Gasteiger partial charge in [-0.1, -0.05) is 29.8 Å². The number of methoxy groups -OCH3 is 1. The molecule has 0 radical (unpaired) electrons. The van der Waals surface area contributed by atoms with Gasteiger partial charge in [0, 0.05) is 23.7 Å². The van der Waals surface area contributed by atoms with Crippen molar-refractivity contribution in [2.45, 2.75) is 18.2 Å². The van der Waals surface area contributed by atoms with Gasteiger partial charge in [-0.2, -0.15) is 0 Å². The predicted molar refractivity (Wildman–Crippen MR) is 107 cm³/mol. The van der Waals surface area contributed by atoms with Crippen LogP contribution in [0.5, 0.6) is 5.75 Å². The number of nitrogens with zero attached hydrogens (tertiary/aromatic N) is 1. The number of carbonyl (C=O) groups excluding carboxylic acids is 1. The maximum atomic E-state index is 12.7. The zero-order valence-corrected chi connectivity index (χ0v) is 17.0. The average Bonchev–Trinajstić information content (AvgIpc) is 3.09. The molecule has 0 N–H and O–H groups in total. The first-order valence-corrected chi connectivity index (χ1v) is 10.3. The third-order valence-corrected chi connectivity index (χ3v) is 6.30. The van der Waals surface area contributed by atoms with Crippen LogP contribution in [0.1, 0.15) is 22.9 Å². The van der Waals surface area contributed by atoms with Gasteiger partial charge in [-0.15, -0.1) is 11.8 Å². The number of halogens is 2. The Morgan fingerprint density at radius 2 is 2.20 bits per heavy atom. The monoisotopic (exact) mass is 439 g/mol. The lowest BCUT2D eigenvalue weighted by Gasteiger charge is -2.24. The first-order chi connectivity index (χ1) is 12.1. The van der Waals surface area contributed by atoms with Crippen molar-refractivity contribution >= 4 is 45.2 Å². The van der Waals surface area contributed by atoms with Gasteiger partial charge in [-0.3, -0.25) is 4.79 Å². The maximum absolute atomic E-state index is 12.7. The lowest BCUT2D eigenvalue weighted by molar-refractivity contribution is -0.131. The fraction of sp³-hybridized carbons (Fsp3) is 0.316. The van der Waals surface area contributed by atoms with Gasteiger partial charge < -0.3 is 9.64 Å². The molecular weight excluding hydrogens is 422 g/mol. The van der Waals surface area contributed by atoms with Crippen molar-refractivity contribution in [1.82, 2.24) is 4.90 Å². The number of rotatable bonds is 5. The summed E-state index contributed by atoms with van der Waals surface area (Å²) in [6.45, 7) is 0.785. The standard InChI is InChI=1S/C19H19BrClNO2S/c1-24-17-7-6-14(12-16(17)20)19-22(9-10-25-19)18(23)8-5-13-3-2-4-15(21)11-13/h2-4,6-7,11-12,19H,5,8-10H2,1H3. The summed E-state index contributed by atoms with van der Waals surface area (Å²) in [4.78, 5) is 14.7. The van der Waals surface area contributed by atoms with Gasteiger partial charge in [-0.25, -0.2) is 0 Å². The van der Waals surface area contributed by atoms with E-state index in [1.807, 2.05) is 47.4 Å². The van der Waals surface area contributed by atoms with E-state index >= 15 is 0 Å². The molecule has 1 fully saturated rings. The van der Waals surface area contributed by atoms with Crippen LogP contribution >= 0.6 is 39.3 Å². The van der Waals surface area contributed by atoms with E-state index < -0.39 is 0 Å². The van der Waals surface area contributed by atoms with Crippen molar-refractivity contribution in [3.63, 3.8) is 0 Å². The van der Waals surface area contributed by atoms with Crippen molar-refractivity contribution in [3.05, 3.63) is 63.1 Å². The molecule has 1 unspecified atom stereocenters. The summed E-state index contributed by atoms with van der Waals surface area (Å²) in [5.41, 5.74) is 2.21. The summed E-state index contributed by atoms with van der Waals surface area (Å²) in [5, 5.41) is 0.775. The van der Waals surface area contributed by atoms with Gasteiger partial charge >= 0.3 is 0 Å². The zero-order chi connectivity index (χ0) is 17.8. The number of hydrogen-bond acceptors (Lipinski definition) is 3. The van der Waals surface area contributed by atoms with Gasteiger partial charge in [0.25, 0.3) is 0 Å². The van der Waals surface area contributed by atoms with Crippen LogP contribution in [0.3, 0.4) is 0 Å². The van der Waals surface area contributed by atoms with Crippen molar-refractivity contribution in [1.29, 1.82) is 0 Å². The normalized spacial score (nSPS) is 16.9. The highest BCUT2D eigenvalue weighted by Gasteiger charge is 2.30. The molecule has 25 heavy (non-hydrogen) atoms. The molecule has 1 heterocycles. The van der Waals surface area contributed by atoms with Crippen LogP contribution in [0.4, 0.5) is 0 Å². The molecule has 3 nitrogen and oxygen atoms in total. The van der Waals surface area contributed by atoms with Crippen LogP contribution in [0.15, 0.2) is 46.9 Å². The number of benzene rings is 2. The summed E-state index contributed by atoms with van der Waals surface area (Å²) in [6, 6.07) is 13.7. The molecular formula is C19H19BrClNO2S. The minimum absolute atomic E-state index is 0.0640. The van der Waals surface area contributed by atoms with Crippen LogP contribution in [0.2, 0.25) is 5.02 Å². The molecule has 2 aromatic rings. The molecule has 0 aromatic heterocycles. The van der Waals surface area contributed by atoms with Crippen LogP contribution in [-0.4, -0.2) is 30.2 Å². The minimum atomic E-state index is 0.0640. The number of hydrogen-bond donors (Lipinski definition) is 0. The van der Waals surface area contributed by atoms with Gasteiger partial charge in [0.1, 0.15) is 11.1 Å². The highest BCUT2D eigenvalue weighted by atomic mass is 79.9. The summed E-state index contributed by atoms with van der Waals surface area (Å²) in [5.74, 6) is 1.93. The van der Waals surface area contributed by atoms with E-state index in [0.29, 0.717) is 17.9 Å². The summed E-state index contributed by atoms with van der Waals surface area (Å²) in [7, 11) is 1.65. The second-order valence-electron chi connectivity index (χ2n) is 5.83. The zero-order valence-electron chi connectivity index (χ0n) is 13.9. The molecule has 0 spiro atoms. The van der Waals surface area contributed by atoms with Crippen LogP contribution < -0.4 is 4.74 Å². The second kappa shape index (κ2) is 8.47. The van der Waals surface area contributed by atoms with Crippen LogP contribution in [-0.2, 0) is 11.2 Å². The first kappa shape index (κ1) is 18.6. The molecule has 3 rings (SSSR count). The molecule has 1 aliphatic rings. The van der Waals surface area contributed by atoms with E-state index in [0.717, 1.165) is 33.6 Å². The Morgan fingerprint density at radius 1 is 1.36 bits per heavy atom. The molecule has 0 aliphatic carbocycles. The molecule has 0 bridgehead atoms. The fourth-order valence-corrected chi connectivity index (χ4v) is 4.96. The lowest BCUT2D eigenvalue weighted by Crippen LogP contribution is -2.30. The Hall–Kier alpha value is -1.17. The largest absolute Gasteiger partial charge is 0.496 e. The first-order valence-electron chi connectivity index (χ1n) is 8.07. The summed E-state index contributed by atoms with van der Waals surface area (Å²) < 4.78 is 6.20. The highest BCUT2D eigenvalue weighted by Crippen LogP contribution is 2.40. The van der Waals surface area contributed by atoms with Gasteiger partial charge in [0.05, 0.1) is 11.6 Å². The Kier molecular flexibility index (Phi) is 6.31. The molecule has 1 amide bonds. The van der Waals surface area contributed by atoms with Crippen LogP contribution in [0.25, 0.3) is 0 Å². The maximum Gasteiger partial charge on any atom is 0.224 e. The van der Waals surface area contributed by atoms with Gasteiger partial charge in [0.2, 0.25) is 5.91 Å². The minimum Gasteiger partial charge on any atom is -0.496 e. The predicted octanol–water partition coefficient (Wildman–Crippen LogP) is 5.32. The highest BCUT2D eigenvalue weighted by molar-refractivity contribution is 9.10. The molecule has 132 valence electrons. The van der Waals surface area contributed by atoms with Crippen LogP contribution in [0, 0.1) is 0 Å². The van der Waals surface area contributed by atoms with E-state index in [2.05, 4.69) is 15.9 Å². The third-order valence-electron chi connectivity index (χ3n) is 4.19. The number of amides is 1. The molecule has 2 aromatic carbocycles. The summed E-state index contributed by atoms with van der Waals surface area (Å²) in [6.07, 6.45) is 1.20. The van der Waals surface area contributed by atoms with E-state index in [1.165, 1.54) is 0 Å². The van der Waals surface area contributed by atoms with Crippen molar-refractivity contribution in [2.75, 3.05) is 19.4 Å². The number of aryl methyl sites for hydroxylation is 1. The summed E-state index contributed by atoms with van der Waals surface area (Å²) >= 11 is 11.3. The molecule has 1 aliphatic heterocycles. The van der Waals surface area contributed by atoms with Gasteiger partial charge in [0.15, 0.2) is 0 Å². The Balaban J connectivity index is 1.68. The molecule has 0 saturated carbocycles. The van der Waals surface area contributed by atoms with Crippen molar-refractivity contribution < 1.29 is 9.53 Å². The topological polar surface area (TPSA) is 29.5 Å². The Morgan fingerprint density at radius 3 is 2.92 bits per heavy atom. The molecule has 1 atom stereocenters. The third kappa shape index (κ3) is 4.52. The van der Waals surface area contributed by atoms with E-state index in [1.54, 1.807) is 18.9 Å². The van der Waals surface area contributed by atoms with Crippen molar-refractivity contribution in [3.8, 4) is 5.75 Å². The second-order valence-corrected chi connectivity index (χ2v) is 8.31. The number of carbonyl (C=O) groups is 1. The number of thioether (sulfide) groups is 1. The molecule has 1 saturated heterocycles. The Labute approximate surface area is 165 Å². The number of ether oxygens (including phenoxy) is 1. The average molecular weight is 441 g/mol. The van der Waals surface area contributed by atoms with E-state index in [-0.39, 0.29) is 11.3 Å². The van der Waals surface area contributed by atoms with E-state index in [9.17, 15) is 4.79 Å². The van der Waals surface area contributed by atoms with Gasteiger partial charge in [-0.05, 0) is 57.7 Å². The smallest absolute Gasteiger partial charge is 0.224 e. The SMILES string of the molecule is COc1ccc(C2SCCN2C(=O)CCc2cccc(Cl)c2)cc1Br. The quantitative estimate of drug-likeness (QED) is 0.630.